The number of nitrogens with zero attached hydrogens (tertiary/aromatic N) is 1. The second kappa shape index (κ2) is 6.50. The highest BCUT2D eigenvalue weighted by atomic mass is 35.5. The normalized spacial score (nSPS) is 18.3. The van der Waals surface area contributed by atoms with Crippen molar-refractivity contribution in [1.29, 1.82) is 0 Å². The van der Waals surface area contributed by atoms with Crippen molar-refractivity contribution in [2.24, 2.45) is 5.92 Å². The van der Waals surface area contributed by atoms with Crippen molar-refractivity contribution in [3.05, 3.63) is 28.8 Å². The fraction of sp³-hybridized carbons (Fsp3) is 0.429. The molecular formula is C14H16ClNO3S. The molecule has 1 aromatic rings. The Labute approximate surface area is 127 Å². The molecule has 1 aromatic carbocycles. The van der Waals surface area contributed by atoms with Crippen molar-refractivity contribution >= 4 is 35.2 Å². The van der Waals surface area contributed by atoms with E-state index >= 15 is 0 Å². The van der Waals surface area contributed by atoms with Gasteiger partial charge in [-0.25, -0.2) is 0 Å². The number of rotatable bonds is 4. The van der Waals surface area contributed by atoms with Crippen LogP contribution in [0.5, 0.6) is 0 Å². The van der Waals surface area contributed by atoms with E-state index < -0.39 is 5.97 Å². The predicted octanol–water partition coefficient (Wildman–Crippen LogP) is 3.00. The molecule has 0 aromatic heterocycles. The van der Waals surface area contributed by atoms with E-state index in [-0.39, 0.29) is 18.2 Å². The van der Waals surface area contributed by atoms with Gasteiger partial charge in [-0.05, 0) is 36.8 Å². The molecule has 1 aliphatic rings. The Morgan fingerprint density at radius 2 is 2.25 bits per heavy atom. The summed E-state index contributed by atoms with van der Waals surface area (Å²) in [6.07, 6.45) is 2.79. The molecule has 2 rings (SSSR count). The third kappa shape index (κ3) is 3.46. The van der Waals surface area contributed by atoms with Crippen LogP contribution < -0.4 is 0 Å². The van der Waals surface area contributed by atoms with Gasteiger partial charge in [-0.2, -0.15) is 0 Å². The number of hydrogen-bond acceptors (Lipinski definition) is 3. The second-order valence-electron chi connectivity index (χ2n) is 4.85. The average Bonchev–Trinajstić information content (AvgIpc) is 2.86. The van der Waals surface area contributed by atoms with E-state index in [9.17, 15) is 9.59 Å². The monoisotopic (exact) mass is 313 g/mol. The molecule has 1 unspecified atom stereocenters. The summed E-state index contributed by atoms with van der Waals surface area (Å²) in [5.41, 5.74) is 0.495. The van der Waals surface area contributed by atoms with Crippen molar-refractivity contribution in [1.82, 2.24) is 4.90 Å². The molecule has 108 valence electrons. The van der Waals surface area contributed by atoms with Crippen molar-refractivity contribution in [2.45, 2.75) is 17.7 Å². The van der Waals surface area contributed by atoms with Crippen LogP contribution in [0.3, 0.4) is 0 Å². The third-order valence-corrected chi connectivity index (χ3v) is 4.50. The van der Waals surface area contributed by atoms with Crippen molar-refractivity contribution in [2.75, 3.05) is 19.3 Å². The highest BCUT2D eigenvalue weighted by molar-refractivity contribution is 7.98. The number of carbonyl (C=O) groups is 2. The summed E-state index contributed by atoms with van der Waals surface area (Å²) in [7, 11) is 0. The van der Waals surface area contributed by atoms with Crippen molar-refractivity contribution in [3.8, 4) is 0 Å². The Hall–Kier alpha value is -1.20. The van der Waals surface area contributed by atoms with Gasteiger partial charge in [0.05, 0.1) is 10.6 Å². The molecule has 1 atom stereocenters. The molecule has 1 N–H and O–H groups in total. The smallest absolute Gasteiger partial charge is 0.303 e. The molecular weight excluding hydrogens is 298 g/mol. The minimum absolute atomic E-state index is 0.0407. The minimum atomic E-state index is -0.813. The van der Waals surface area contributed by atoms with Crippen LogP contribution >= 0.6 is 23.4 Å². The van der Waals surface area contributed by atoms with Crippen LogP contribution in [-0.4, -0.2) is 41.2 Å². The number of amides is 1. The highest BCUT2D eigenvalue weighted by Crippen LogP contribution is 2.27. The summed E-state index contributed by atoms with van der Waals surface area (Å²) >= 11 is 7.65. The molecule has 1 saturated heterocycles. The number of thioether (sulfide) groups is 1. The zero-order valence-electron chi connectivity index (χ0n) is 11.1. The molecule has 1 aliphatic heterocycles. The second-order valence-corrected chi connectivity index (χ2v) is 6.14. The largest absolute Gasteiger partial charge is 0.481 e. The quantitative estimate of drug-likeness (QED) is 0.868. The van der Waals surface area contributed by atoms with Crippen LogP contribution in [0.4, 0.5) is 0 Å². The number of hydrogen-bond donors (Lipinski definition) is 1. The van der Waals surface area contributed by atoms with E-state index in [2.05, 4.69) is 0 Å². The van der Waals surface area contributed by atoms with Gasteiger partial charge >= 0.3 is 5.97 Å². The molecule has 0 spiro atoms. The molecule has 6 heteroatoms. The summed E-state index contributed by atoms with van der Waals surface area (Å²) in [6, 6.07) is 5.40. The Morgan fingerprint density at radius 1 is 1.50 bits per heavy atom. The fourth-order valence-electron chi connectivity index (χ4n) is 2.40. The summed E-state index contributed by atoms with van der Waals surface area (Å²) in [5, 5.41) is 9.24. The number of aliphatic carboxylic acids is 1. The zero-order valence-corrected chi connectivity index (χ0v) is 12.7. The Bertz CT molecular complexity index is 535. The van der Waals surface area contributed by atoms with Gasteiger partial charge in [-0.15, -0.1) is 11.8 Å². The lowest BCUT2D eigenvalue weighted by Crippen LogP contribution is -2.29. The van der Waals surface area contributed by atoms with Gasteiger partial charge in [0.2, 0.25) is 0 Å². The van der Waals surface area contributed by atoms with E-state index in [1.54, 1.807) is 28.8 Å². The lowest BCUT2D eigenvalue weighted by atomic mass is 10.1. The summed E-state index contributed by atoms with van der Waals surface area (Å²) < 4.78 is 0. The van der Waals surface area contributed by atoms with Crippen molar-refractivity contribution in [3.63, 3.8) is 0 Å². The van der Waals surface area contributed by atoms with Crippen LogP contribution in [0, 0.1) is 5.92 Å². The number of benzene rings is 1. The van der Waals surface area contributed by atoms with E-state index in [0.717, 1.165) is 11.3 Å². The van der Waals surface area contributed by atoms with Gasteiger partial charge in [-0.3, -0.25) is 9.59 Å². The maximum absolute atomic E-state index is 12.5. The lowest BCUT2D eigenvalue weighted by Gasteiger charge is -2.17. The number of carboxylic acid groups (broad SMARTS) is 1. The van der Waals surface area contributed by atoms with E-state index in [1.165, 1.54) is 0 Å². The molecule has 1 amide bonds. The third-order valence-electron chi connectivity index (χ3n) is 3.44. The van der Waals surface area contributed by atoms with Gasteiger partial charge in [0.1, 0.15) is 0 Å². The lowest BCUT2D eigenvalue weighted by molar-refractivity contribution is -0.138. The summed E-state index contributed by atoms with van der Waals surface area (Å²) in [4.78, 5) is 25.8. The fourth-order valence-corrected chi connectivity index (χ4v) is 3.03. The van der Waals surface area contributed by atoms with Gasteiger partial charge in [-0.1, -0.05) is 11.6 Å². The molecule has 0 saturated carbocycles. The molecule has 4 nitrogen and oxygen atoms in total. The van der Waals surface area contributed by atoms with Crippen LogP contribution in [0.25, 0.3) is 0 Å². The number of likely N-dealkylation sites (tertiary alicyclic amines) is 1. The van der Waals surface area contributed by atoms with Crippen LogP contribution in [0.1, 0.15) is 23.2 Å². The van der Waals surface area contributed by atoms with Gasteiger partial charge in [0, 0.05) is 24.4 Å². The molecule has 0 bridgehead atoms. The van der Waals surface area contributed by atoms with Crippen LogP contribution in [0.2, 0.25) is 5.02 Å². The Balaban J connectivity index is 2.10. The van der Waals surface area contributed by atoms with Crippen LogP contribution in [-0.2, 0) is 4.79 Å². The van der Waals surface area contributed by atoms with E-state index in [0.29, 0.717) is 23.7 Å². The first-order valence-electron chi connectivity index (χ1n) is 6.36. The van der Waals surface area contributed by atoms with Crippen molar-refractivity contribution < 1.29 is 14.7 Å². The van der Waals surface area contributed by atoms with Gasteiger partial charge in [0.15, 0.2) is 0 Å². The van der Waals surface area contributed by atoms with Crippen LogP contribution in [0.15, 0.2) is 23.1 Å². The number of carbonyl (C=O) groups excluding carboxylic acids is 1. The van der Waals surface area contributed by atoms with E-state index in [4.69, 9.17) is 16.7 Å². The Kier molecular flexibility index (Phi) is 4.94. The molecule has 0 aliphatic carbocycles. The zero-order chi connectivity index (χ0) is 14.7. The summed E-state index contributed by atoms with van der Waals surface area (Å²) in [6.45, 7) is 1.08. The average molecular weight is 314 g/mol. The molecule has 0 radical (unpaired) electrons. The first-order chi connectivity index (χ1) is 9.51. The predicted molar refractivity (Wildman–Crippen MR) is 79.5 cm³/mol. The number of halogens is 1. The topological polar surface area (TPSA) is 57.6 Å². The van der Waals surface area contributed by atoms with Gasteiger partial charge in [0.25, 0.3) is 5.91 Å². The Morgan fingerprint density at radius 3 is 2.90 bits per heavy atom. The maximum atomic E-state index is 12.5. The molecule has 1 heterocycles. The highest BCUT2D eigenvalue weighted by Gasteiger charge is 2.29. The molecule has 20 heavy (non-hydrogen) atoms. The van der Waals surface area contributed by atoms with Gasteiger partial charge < -0.3 is 10.0 Å². The SMILES string of the molecule is CSc1ccc(Cl)c(C(=O)N2CCC(CC(=O)O)C2)c1. The number of carboxylic acids is 1. The maximum Gasteiger partial charge on any atom is 0.303 e. The molecule has 1 fully saturated rings. The standard InChI is InChI=1S/C14H16ClNO3S/c1-20-10-2-3-12(15)11(7-10)14(19)16-5-4-9(8-16)6-13(17)18/h2-3,7,9H,4-6,8H2,1H3,(H,17,18). The first-order valence-corrected chi connectivity index (χ1v) is 7.96. The van der Waals surface area contributed by atoms with E-state index in [1.807, 2.05) is 12.3 Å². The summed E-state index contributed by atoms with van der Waals surface area (Å²) in [5.74, 6) is -0.885. The minimum Gasteiger partial charge on any atom is -0.481 e. The first kappa shape index (κ1) is 15.2.